The summed E-state index contributed by atoms with van der Waals surface area (Å²) in [5.41, 5.74) is 1.37. The van der Waals surface area contributed by atoms with Crippen LogP contribution >= 0.6 is 0 Å². The predicted octanol–water partition coefficient (Wildman–Crippen LogP) is 3.35. The zero-order valence-corrected chi connectivity index (χ0v) is 11.2. The van der Waals surface area contributed by atoms with E-state index >= 15 is 0 Å². The molecule has 1 aliphatic carbocycles. The van der Waals surface area contributed by atoms with Crippen LogP contribution in [0.5, 0.6) is 5.88 Å². The van der Waals surface area contributed by atoms with Crippen LogP contribution in [0.15, 0.2) is 12.1 Å². The highest BCUT2D eigenvalue weighted by molar-refractivity contribution is 5.44. The van der Waals surface area contributed by atoms with E-state index in [2.05, 4.69) is 37.1 Å². The van der Waals surface area contributed by atoms with E-state index < -0.39 is 0 Å². The molecule has 0 unspecified atom stereocenters. The molecule has 3 nitrogen and oxygen atoms in total. The third-order valence-electron chi connectivity index (χ3n) is 3.33. The normalized spacial score (nSPS) is 16.5. The Labute approximate surface area is 104 Å². The lowest BCUT2D eigenvalue weighted by molar-refractivity contribution is 0.394. The fourth-order valence-corrected chi connectivity index (χ4v) is 1.88. The summed E-state index contributed by atoms with van der Waals surface area (Å²) in [6.45, 7) is 6.61. The van der Waals surface area contributed by atoms with Crippen LogP contribution in [0.1, 0.15) is 45.6 Å². The van der Waals surface area contributed by atoms with Crippen LogP contribution in [0.3, 0.4) is 0 Å². The van der Waals surface area contributed by atoms with E-state index in [1.807, 2.05) is 6.07 Å². The first-order valence-electron chi connectivity index (χ1n) is 6.32. The number of hydrogen-bond acceptors (Lipinski definition) is 3. The molecule has 3 heteroatoms. The highest BCUT2D eigenvalue weighted by atomic mass is 16.5. The fourth-order valence-electron chi connectivity index (χ4n) is 1.88. The van der Waals surface area contributed by atoms with Crippen LogP contribution in [0.25, 0.3) is 0 Å². The number of rotatable bonds is 3. The minimum atomic E-state index is 0.117. The van der Waals surface area contributed by atoms with Crippen molar-refractivity contribution in [3.8, 4) is 5.88 Å². The van der Waals surface area contributed by atoms with Crippen molar-refractivity contribution in [1.29, 1.82) is 0 Å². The SMILES string of the molecule is COc1cc(C(C)(C)C)cc(NC2CCC2)n1. The van der Waals surface area contributed by atoms with Gasteiger partial charge in [0.15, 0.2) is 0 Å². The van der Waals surface area contributed by atoms with E-state index in [-0.39, 0.29) is 5.41 Å². The lowest BCUT2D eigenvalue weighted by Crippen LogP contribution is -2.27. The zero-order chi connectivity index (χ0) is 12.5. The standard InChI is InChI=1S/C14H22N2O/c1-14(2,3)10-8-12(15-11-6-5-7-11)16-13(9-10)17-4/h8-9,11H,5-7H2,1-4H3,(H,15,16). The summed E-state index contributed by atoms with van der Waals surface area (Å²) in [7, 11) is 1.67. The van der Waals surface area contributed by atoms with Crippen LogP contribution in [0.4, 0.5) is 5.82 Å². The molecule has 0 saturated heterocycles. The third-order valence-corrected chi connectivity index (χ3v) is 3.33. The van der Waals surface area contributed by atoms with E-state index in [1.165, 1.54) is 24.8 Å². The lowest BCUT2D eigenvalue weighted by Gasteiger charge is -2.28. The monoisotopic (exact) mass is 234 g/mol. The average Bonchev–Trinajstić information content (AvgIpc) is 2.22. The Morgan fingerprint density at radius 1 is 1.29 bits per heavy atom. The molecule has 0 radical (unpaired) electrons. The zero-order valence-electron chi connectivity index (χ0n) is 11.2. The van der Waals surface area contributed by atoms with Gasteiger partial charge in [-0.2, -0.15) is 4.98 Å². The number of hydrogen-bond donors (Lipinski definition) is 1. The van der Waals surface area contributed by atoms with Crippen molar-refractivity contribution in [2.24, 2.45) is 0 Å². The first kappa shape index (κ1) is 12.2. The first-order chi connectivity index (χ1) is 7.99. The molecule has 1 heterocycles. The van der Waals surface area contributed by atoms with Gasteiger partial charge in [-0.25, -0.2) is 0 Å². The van der Waals surface area contributed by atoms with Gasteiger partial charge in [-0.15, -0.1) is 0 Å². The van der Waals surface area contributed by atoms with Gasteiger partial charge in [0.1, 0.15) is 5.82 Å². The van der Waals surface area contributed by atoms with Crippen LogP contribution in [-0.4, -0.2) is 18.1 Å². The van der Waals surface area contributed by atoms with E-state index in [0.717, 1.165) is 5.82 Å². The molecule has 0 amide bonds. The van der Waals surface area contributed by atoms with Crippen molar-refractivity contribution < 1.29 is 4.74 Å². The number of nitrogens with one attached hydrogen (secondary N) is 1. The molecule has 1 saturated carbocycles. The molecule has 1 aromatic rings. The Hall–Kier alpha value is -1.25. The van der Waals surface area contributed by atoms with E-state index in [0.29, 0.717) is 11.9 Å². The van der Waals surface area contributed by atoms with Gasteiger partial charge in [0, 0.05) is 12.1 Å². The smallest absolute Gasteiger partial charge is 0.215 e. The number of ether oxygens (including phenoxy) is 1. The van der Waals surface area contributed by atoms with E-state index in [1.54, 1.807) is 7.11 Å². The Balaban J connectivity index is 2.24. The highest BCUT2D eigenvalue weighted by Gasteiger charge is 2.20. The second-order valence-electron chi connectivity index (χ2n) is 5.81. The number of anilines is 1. The van der Waals surface area contributed by atoms with E-state index in [9.17, 15) is 0 Å². The molecule has 0 aliphatic heterocycles. The van der Waals surface area contributed by atoms with Gasteiger partial charge < -0.3 is 10.1 Å². The molecule has 1 aliphatic rings. The summed E-state index contributed by atoms with van der Waals surface area (Å²) in [5.74, 6) is 1.64. The van der Waals surface area contributed by atoms with Crippen molar-refractivity contribution in [1.82, 2.24) is 4.98 Å². The van der Waals surface area contributed by atoms with Crippen LogP contribution in [0.2, 0.25) is 0 Å². The highest BCUT2D eigenvalue weighted by Crippen LogP contribution is 2.29. The topological polar surface area (TPSA) is 34.1 Å². The molecule has 1 fully saturated rings. The quantitative estimate of drug-likeness (QED) is 0.870. The number of aromatic nitrogens is 1. The molecule has 0 bridgehead atoms. The summed E-state index contributed by atoms with van der Waals surface area (Å²) >= 11 is 0. The fraction of sp³-hybridized carbons (Fsp3) is 0.643. The van der Waals surface area contributed by atoms with Crippen LogP contribution in [-0.2, 0) is 5.41 Å². The summed E-state index contributed by atoms with van der Waals surface area (Å²) in [4.78, 5) is 4.45. The Morgan fingerprint density at radius 2 is 2.00 bits per heavy atom. The van der Waals surface area contributed by atoms with Crippen molar-refractivity contribution in [2.75, 3.05) is 12.4 Å². The summed E-state index contributed by atoms with van der Waals surface area (Å²) in [5, 5.41) is 3.47. The second kappa shape index (κ2) is 4.55. The first-order valence-corrected chi connectivity index (χ1v) is 6.32. The number of pyridine rings is 1. The molecule has 1 aromatic heterocycles. The Bertz CT molecular complexity index is 392. The van der Waals surface area contributed by atoms with Crippen LogP contribution in [0, 0.1) is 0 Å². The third kappa shape index (κ3) is 2.90. The van der Waals surface area contributed by atoms with E-state index in [4.69, 9.17) is 4.74 Å². The molecular weight excluding hydrogens is 212 g/mol. The molecule has 94 valence electrons. The van der Waals surface area contributed by atoms with Crippen molar-refractivity contribution in [2.45, 2.75) is 51.5 Å². The number of nitrogens with zero attached hydrogens (tertiary/aromatic N) is 1. The molecule has 2 rings (SSSR count). The van der Waals surface area contributed by atoms with Gasteiger partial charge in [-0.05, 0) is 36.3 Å². The number of methoxy groups -OCH3 is 1. The molecule has 0 aromatic carbocycles. The van der Waals surface area contributed by atoms with Gasteiger partial charge in [-0.1, -0.05) is 20.8 Å². The minimum Gasteiger partial charge on any atom is -0.481 e. The lowest BCUT2D eigenvalue weighted by atomic mass is 9.87. The minimum absolute atomic E-state index is 0.117. The second-order valence-corrected chi connectivity index (χ2v) is 5.81. The van der Waals surface area contributed by atoms with Gasteiger partial charge in [0.2, 0.25) is 5.88 Å². The summed E-state index contributed by atoms with van der Waals surface area (Å²) < 4.78 is 5.27. The summed E-state index contributed by atoms with van der Waals surface area (Å²) in [6, 6.07) is 4.76. The molecule has 0 atom stereocenters. The maximum Gasteiger partial charge on any atom is 0.215 e. The Kier molecular flexibility index (Phi) is 3.27. The van der Waals surface area contributed by atoms with Gasteiger partial charge in [0.05, 0.1) is 7.11 Å². The molecular formula is C14H22N2O. The molecule has 1 N–H and O–H groups in total. The maximum absolute atomic E-state index is 5.27. The summed E-state index contributed by atoms with van der Waals surface area (Å²) in [6.07, 6.45) is 3.83. The molecule has 0 spiro atoms. The predicted molar refractivity (Wildman–Crippen MR) is 70.8 cm³/mol. The Morgan fingerprint density at radius 3 is 2.47 bits per heavy atom. The van der Waals surface area contributed by atoms with Crippen molar-refractivity contribution >= 4 is 5.82 Å². The van der Waals surface area contributed by atoms with Crippen molar-refractivity contribution in [3.05, 3.63) is 17.7 Å². The van der Waals surface area contributed by atoms with Gasteiger partial charge >= 0.3 is 0 Å². The van der Waals surface area contributed by atoms with Gasteiger partial charge in [0.25, 0.3) is 0 Å². The van der Waals surface area contributed by atoms with Gasteiger partial charge in [-0.3, -0.25) is 0 Å². The van der Waals surface area contributed by atoms with Crippen LogP contribution < -0.4 is 10.1 Å². The maximum atomic E-state index is 5.27. The van der Waals surface area contributed by atoms with Crippen molar-refractivity contribution in [3.63, 3.8) is 0 Å². The largest absolute Gasteiger partial charge is 0.481 e. The average molecular weight is 234 g/mol. The molecule has 17 heavy (non-hydrogen) atoms.